The minimum Gasteiger partial charge on any atom is -0.310 e. The number of hydrogen-bond acceptors (Lipinski definition) is 2. The van der Waals surface area contributed by atoms with Gasteiger partial charge in [-0.25, -0.2) is 0 Å². The summed E-state index contributed by atoms with van der Waals surface area (Å²) in [6, 6.07) is 0.523. The molecule has 0 spiro atoms. The van der Waals surface area contributed by atoms with E-state index in [4.69, 9.17) is 0 Å². The van der Waals surface area contributed by atoms with Gasteiger partial charge in [-0.05, 0) is 19.8 Å². The molecule has 2 unspecified atom stereocenters. The van der Waals surface area contributed by atoms with E-state index in [-0.39, 0.29) is 0 Å². The maximum Gasteiger partial charge on any atom is 0.0534 e. The van der Waals surface area contributed by atoms with Crippen molar-refractivity contribution in [3.05, 3.63) is 18.0 Å². The van der Waals surface area contributed by atoms with Gasteiger partial charge in [-0.3, -0.25) is 4.68 Å². The SMILES string of the molecule is CCn1cc(CNC(C)C(C)CBr)cn1. The summed E-state index contributed by atoms with van der Waals surface area (Å²) in [7, 11) is 0. The molecule has 86 valence electrons. The van der Waals surface area contributed by atoms with Crippen LogP contribution in [0.25, 0.3) is 0 Å². The van der Waals surface area contributed by atoms with Gasteiger partial charge in [0, 0.05) is 36.2 Å². The van der Waals surface area contributed by atoms with Crippen LogP contribution in [0.15, 0.2) is 12.4 Å². The number of nitrogens with zero attached hydrogens (tertiary/aromatic N) is 2. The van der Waals surface area contributed by atoms with Crippen molar-refractivity contribution in [2.75, 3.05) is 5.33 Å². The molecule has 1 rings (SSSR count). The highest BCUT2D eigenvalue weighted by Gasteiger charge is 2.09. The van der Waals surface area contributed by atoms with Gasteiger partial charge in [0.1, 0.15) is 0 Å². The van der Waals surface area contributed by atoms with E-state index in [1.165, 1.54) is 5.56 Å². The minimum absolute atomic E-state index is 0.523. The van der Waals surface area contributed by atoms with Crippen LogP contribution in [0.1, 0.15) is 26.3 Å². The van der Waals surface area contributed by atoms with E-state index in [2.05, 4.69) is 53.3 Å². The van der Waals surface area contributed by atoms with Crippen LogP contribution in [0.5, 0.6) is 0 Å². The van der Waals surface area contributed by atoms with Crippen molar-refractivity contribution in [1.29, 1.82) is 0 Å². The molecule has 0 bridgehead atoms. The molecule has 15 heavy (non-hydrogen) atoms. The van der Waals surface area contributed by atoms with Crippen LogP contribution in [-0.4, -0.2) is 21.2 Å². The second kappa shape index (κ2) is 6.28. The fourth-order valence-corrected chi connectivity index (χ4v) is 1.85. The summed E-state index contributed by atoms with van der Waals surface area (Å²) < 4.78 is 1.95. The zero-order valence-electron chi connectivity index (χ0n) is 9.70. The van der Waals surface area contributed by atoms with E-state index in [0.29, 0.717) is 12.0 Å². The molecule has 1 aromatic rings. The molecule has 4 heteroatoms. The summed E-state index contributed by atoms with van der Waals surface area (Å²) in [6.07, 6.45) is 4.03. The number of halogens is 1. The van der Waals surface area contributed by atoms with Gasteiger partial charge >= 0.3 is 0 Å². The number of aryl methyl sites for hydroxylation is 1. The predicted molar refractivity (Wildman–Crippen MR) is 67.2 cm³/mol. The predicted octanol–water partition coefficient (Wildman–Crippen LogP) is 2.41. The summed E-state index contributed by atoms with van der Waals surface area (Å²) in [5, 5.41) is 8.79. The third-order valence-electron chi connectivity index (χ3n) is 2.74. The Labute approximate surface area is 100 Å². The van der Waals surface area contributed by atoms with Crippen LogP contribution in [0, 0.1) is 5.92 Å². The highest BCUT2D eigenvalue weighted by Crippen LogP contribution is 2.07. The lowest BCUT2D eigenvalue weighted by molar-refractivity contribution is 0.433. The van der Waals surface area contributed by atoms with Gasteiger partial charge in [-0.1, -0.05) is 22.9 Å². The standard InChI is InChI=1S/C11H20BrN3/c1-4-15-8-11(7-14-15)6-13-10(3)9(2)5-12/h7-10,13H,4-6H2,1-3H3. The Bertz CT molecular complexity index is 285. The highest BCUT2D eigenvalue weighted by molar-refractivity contribution is 9.09. The first-order chi connectivity index (χ1) is 7.17. The summed E-state index contributed by atoms with van der Waals surface area (Å²) in [6.45, 7) is 8.39. The lowest BCUT2D eigenvalue weighted by Crippen LogP contribution is -2.32. The smallest absolute Gasteiger partial charge is 0.0534 e. The Morgan fingerprint density at radius 2 is 2.27 bits per heavy atom. The van der Waals surface area contributed by atoms with Crippen molar-refractivity contribution in [1.82, 2.24) is 15.1 Å². The van der Waals surface area contributed by atoms with Crippen LogP contribution in [-0.2, 0) is 13.1 Å². The molecule has 1 aromatic heterocycles. The Morgan fingerprint density at radius 3 is 2.80 bits per heavy atom. The molecule has 2 atom stereocenters. The van der Waals surface area contributed by atoms with Crippen LogP contribution in [0.2, 0.25) is 0 Å². The molecule has 0 amide bonds. The Morgan fingerprint density at radius 1 is 1.53 bits per heavy atom. The first-order valence-corrected chi connectivity index (χ1v) is 6.60. The maximum atomic E-state index is 4.25. The molecule has 0 radical (unpaired) electrons. The van der Waals surface area contributed by atoms with Crippen LogP contribution < -0.4 is 5.32 Å². The molecular weight excluding hydrogens is 254 g/mol. The number of rotatable bonds is 6. The second-order valence-electron chi connectivity index (χ2n) is 4.01. The first kappa shape index (κ1) is 12.7. The Kier molecular flexibility index (Phi) is 5.32. The van der Waals surface area contributed by atoms with E-state index >= 15 is 0 Å². The third-order valence-corrected chi connectivity index (χ3v) is 3.76. The molecule has 3 nitrogen and oxygen atoms in total. The van der Waals surface area contributed by atoms with E-state index in [1.807, 2.05) is 10.9 Å². The number of alkyl halides is 1. The van der Waals surface area contributed by atoms with Gasteiger partial charge in [0.05, 0.1) is 6.20 Å². The Hall–Kier alpha value is -0.350. The van der Waals surface area contributed by atoms with Crippen molar-refractivity contribution >= 4 is 15.9 Å². The fraction of sp³-hybridized carbons (Fsp3) is 0.727. The Balaban J connectivity index is 2.36. The lowest BCUT2D eigenvalue weighted by Gasteiger charge is -2.18. The number of hydrogen-bond donors (Lipinski definition) is 1. The zero-order valence-corrected chi connectivity index (χ0v) is 11.3. The maximum absolute atomic E-state index is 4.25. The van der Waals surface area contributed by atoms with Crippen molar-refractivity contribution in [2.24, 2.45) is 5.92 Å². The zero-order chi connectivity index (χ0) is 11.3. The monoisotopic (exact) mass is 273 g/mol. The highest BCUT2D eigenvalue weighted by atomic mass is 79.9. The van der Waals surface area contributed by atoms with E-state index in [9.17, 15) is 0 Å². The summed E-state index contributed by atoms with van der Waals surface area (Å²) in [5.41, 5.74) is 1.26. The summed E-state index contributed by atoms with van der Waals surface area (Å²) in [4.78, 5) is 0. The normalized spacial score (nSPS) is 15.2. The summed E-state index contributed by atoms with van der Waals surface area (Å²) >= 11 is 3.50. The van der Waals surface area contributed by atoms with Crippen LogP contribution >= 0.6 is 15.9 Å². The summed E-state index contributed by atoms with van der Waals surface area (Å²) in [5.74, 6) is 0.645. The molecular formula is C11H20BrN3. The molecule has 0 aliphatic heterocycles. The average Bonchev–Trinajstić information content (AvgIpc) is 2.72. The lowest BCUT2D eigenvalue weighted by atomic mass is 10.1. The molecule has 0 saturated heterocycles. The fourth-order valence-electron chi connectivity index (χ4n) is 1.28. The van der Waals surface area contributed by atoms with Gasteiger partial charge in [0.2, 0.25) is 0 Å². The molecule has 1 heterocycles. The number of aromatic nitrogens is 2. The van der Waals surface area contributed by atoms with Crippen molar-refractivity contribution in [2.45, 2.75) is 39.9 Å². The van der Waals surface area contributed by atoms with E-state index < -0.39 is 0 Å². The quantitative estimate of drug-likeness (QED) is 0.807. The van der Waals surface area contributed by atoms with E-state index in [0.717, 1.165) is 18.4 Å². The third kappa shape index (κ3) is 3.95. The van der Waals surface area contributed by atoms with Gasteiger partial charge in [-0.15, -0.1) is 0 Å². The largest absolute Gasteiger partial charge is 0.310 e. The van der Waals surface area contributed by atoms with E-state index in [1.54, 1.807) is 0 Å². The molecule has 0 aliphatic rings. The molecule has 0 aromatic carbocycles. The van der Waals surface area contributed by atoms with Gasteiger partial charge in [0.15, 0.2) is 0 Å². The molecule has 0 fully saturated rings. The minimum atomic E-state index is 0.523. The molecule has 0 aliphatic carbocycles. The topological polar surface area (TPSA) is 29.9 Å². The number of nitrogens with one attached hydrogen (secondary N) is 1. The van der Waals surface area contributed by atoms with Gasteiger partial charge in [-0.2, -0.15) is 5.10 Å². The van der Waals surface area contributed by atoms with Gasteiger partial charge < -0.3 is 5.32 Å². The van der Waals surface area contributed by atoms with Crippen molar-refractivity contribution in [3.63, 3.8) is 0 Å². The van der Waals surface area contributed by atoms with Crippen LogP contribution in [0.4, 0.5) is 0 Å². The molecule has 1 N–H and O–H groups in total. The molecule has 0 saturated carbocycles. The van der Waals surface area contributed by atoms with Crippen molar-refractivity contribution < 1.29 is 0 Å². The van der Waals surface area contributed by atoms with Crippen molar-refractivity contribution in [3.8, 4) is 0 Å². The average molecular weight is 274 g/mol. The first-order valence-electron chi connectivity index (χ1n) is 5.48. The second-order valence-corrected chi connectivity index (χ2v) is 4.65. The van der Waals surface area contributed by atoms with Crippen LogP contribution in [0.3, 0.4) is 0 Å². The van der Waals surface area contributed by atoms with Gasteiger partial charge in [0.25, 0.3) is 0 Å².